The number of anilines is 1. The van der Waals surface area contributed by atoms with Gasteiger partial charge in [-0.25, -0.2) is 0 Å². The highest BCUT2D eigenvalue weighted by atomic mass is 19.4. The Balaban J connectivity index is 1.10. The molecule has 0 amide bonds. The first-order valence-electron chi connectivity index (χ1n) is 12.7. The topological polar surface area (TPSA) is 45.3 Å². The molecule has 8 heteroatoms. The summed E-state index contributed by atoms with van der Waals surface area (Å²) in [6.07, 6.45) is 1.14. The molecule has 2 saturated carbocycles. The minimum Gasteiger partial charge on any atom is -0.462 e. The van der Waals surface area contributed by atoms with Gasteiger partial charge in [0, 0.05) is 44.3 Å². The van der Waals surface area contributed by atoms with Crippen LogP contribution in [-0.4, -0.2) is 61.9 Å². The number of hydrogen-bond donors (Lipinski definition) is 0. The highest BCUT2D eigenvalue weighted by Crippen LogP contribution is 2.62. The van der Waals surface area contributed by atoms with E-state index in [1.165, 1.54) is 25.0 Å². The van der Waals surface area contributed by atoms with Gasteiger partial charge in [0.25, 0.3) is 0 Å². The van der Waals surface area contributed by atoms with Crippen LogP contribution in [0.4, 0.5) is 18.9 Å². The predicted molar refractivity (Wildman–Crippen MR) is 120 cm³/mol. The van der Waals surface area contributed by atoms with Crippen molar-refractivity contribution < 1.29 is 27.4 Å². The molecule has 3 saturated heterocycles. The summed E-state index contributed by atoms with van der Waals surface area (Å²) in [5.74, 6) is 0.562. The van der Waals surface area contributed by atoms with E-state index in [2.05, 4.69) is 11.8 Å². The first kappa shape index (κ1) is 22.7. The van der Waals surface area contributed by atoms with Crippen LogP contribution in [0.15, 0.2) is 24.3 Å². The zero-order chi connectivity index (χ0) is 23.7. The fraction of sp³-hybridized carbons (Fsp3) is 0.731. The smallest absolute Gasteiger partial charge is 0.416 e. The Morgan fingerprint density at radius 2 is 1.91 bits per heavy atom. The first-order chi connectivity index (χ1) is 16.2. The fourth-order valence-electron chi connectivity index (χ4n) is 7.51. The van der Waals surface area contributed by atoms with Crippen molar-refractivity contribution in [3.05, 3.63) is 29.8 Å². The molecule has 1 aromatic carbocycles. The van der Waals surface area contributed by atoms with Crippen molar-refractivity contribution in [3.8, 4) is 0 Å². The molecule has 3 aliphatic heterocycles. The molecule has 6 rings (SSSR count). The van der Waals surface area contributed by atoms with E-state index in [1.807, 2.05) is 4.90 Å². The van der Waals surface area contributed by atoms with Crippen LogP contribution in [-0.2, 0) is 20.4 Å². The Bertz CT molecular complexity index is 957. The Morgan fingerprint density at radius 3 is 2.62 bits per heavy atom. The number of nitrogens with zero attached hydrogens (tertiary/aromatic N) is 2. The lowest BCUT2D eigenvalue weighted by molar-refractivity contribution is -0.147. The number of hydrogen-bond acceptors (Lipinski definition) is 5. The van der Waals surface area contributed by atoms with Crippen molar-refractivity contribution >= 4 is 11.7 Å². The third kappa shape index (κ3) is 3.81. The molecule has 6 unspecified atom stereocenters. The van der Waals surface area contributed by atoms with Crippen molar-refractivity contribution in [1.29, 1.82) is 0 Å². The van der Waals surface area contributed by atoms with Gasteiger partial charge in [-0.1, -0.05) is 13.0 Å². The van der Waals surface area contributed by atoms with Crippen LogP contribution in [0.1, 0.15) is 44.6 Å². The number of rotatable bonds is 3. The van der Waals surface area contributed by atoms with Gasteiger partial charge >= 0.3 is 12.1 Å². The normalized spacial score (nSPS) is 40.1. The highest BCUT2D eigenvalue weighted by Gasteiger charge is 2.65. The minimum absolute atomic E-state index is 0.0130. The molecule has 0 N–H and O–H groups in total. The van der Waals surface area contributed by atoms with Crippen LogP contribution in [0, 0.1) is 23.2 Å². The lowest BCUT2D eigenvalue weighted by Gasteiger charge is -2.51. The maximum Gasteiger partial charge on any atom is 0.416 e. The second kappa shape index (κ2) is 7.85. The average molecular weight is 479 g/mol. The van der Waals surface area contributed by atoms with E-state index in [1.54, 1.807) is 6.07 Å². The molecule has 5 fully saturated rings. The van der Waals surface area contributed by atoms with Crippen molar-refractivity contribution in [2.24, 2.45) is 23.2 Å². The van der Waals surface area contributed by atoms with Crippen molar-refractivity contribution in [2.45, 2.75) is 56.9 Å². The monoisotopic (exact) mass is 478 g/mol. The summed E-state index contributed by atoms with van der Waals surface area (Å²) >= 11 is 0. The van der Waals surface area contributed by atoms with Gasteiger partial charge in [0.2, 0.25) is 0 Å². The molecule has 2 aliphatic carbocycles. The summed E-state index contributed by atoms with van der Waals surface area (Å²) in [6, 6.07) is 5.55. The second-order valence-corrected chi connectivity index (χ2v) is 11.4. The molecule has 3 heterocycles. The number of halogens is 3. The largest absolute Gasteiger partial charge is 0.462 e. The maximum absolute atomic E-state index is 13.1. The number of benzene rings is 1. The van der Waals surface area contributed by atoms with E-state index in [9.17, 15) is 18.0 Å². The summed E-state index contributed by atoms with van der Waals surface area (Å²) < 4.78 is 51.2. The zero-order valence-electron chi connectivity index (χ0n) is 19.7. The molecule has 6 atom stereocenters. The van der Waals surface area contributed by atoms with Crippen molar-refractivity contribution in [2.75, 3.05) is 44.2 Å². The Kier molecular flexibility index (Phi) is 5.23. The lowest BCUT2D eigenvalue weighted by Crippen LogP contribution is -2.52. The summed E-state index contributed by atoms with van der Waals surface area (Å²) in [4.78, 5) is 17.2. The van der Waals surface area contributed by atoms with E-state index >= 15 is 0 Å². The van der Waals surface area contributed by atoms with E-state index in [-0.39, 0.29) is 34.9 Å². The second-order valence-electron chi connectivity index (χ2n) is 11.4. The Labute approximate surface area is 198 Å². The quantitative estimate of drug-likeness (QED) is 0.477. The molecule has 0 bridgehead atoms. The number of piperazine rings is 1. The minimum atomic E-state index is -4.34. The van der Waals surface area contributed by atoms with E-state index in [4.69, 9.17) is 9.47 Å². The summed E-state index contributed by atoms with van der Waals surface area (Å²) in [7, 11) is 0. The standard InChI is InChI=1S/C26H33F3N2O3/c1-24-6-3-7-25(16-33-25)22(24)13-19-20(23(32)34-21(19)14-24)15-30-8-10-31(11-9-30)18-5-2-4-17(12-18)26(27,28)29/h2,4-5,12,19-22H,3,6-11,13-16H2,1H3. The summed E-state index contributed by atoms with van der Waals surface area (Å²) in [5, 5.41) is 0. The van der Waals surface area contributed by atoms with Gasteiger partial charge in [-0.2, -0.15) is 13.2 Å². The molecule has 5 aliphatic rings. The summed E-state index contributed by atoms with van der Waals surface area (Å²) in [5.41, 5.74) is 0.233. The fourth-order valence-corrected chi connectivity index (χ4v) is 7.51. The van der Waals surface area contributed by atoms with Crippen LogP contribution < -0.4 is 4.90 Å². The number of fused-ring (bicyclic) bond motifs is 3. The number of esters is 1. The average Bonchev–Trinajstić information content (AvgIpc) is 3.50. The van der Waals surface area contributed by atoms with Gasteiger partial charge in [0.05, 0.1) is 23.7 Å². The summed E-state index contributed by atoms with van der Waals surface area (Å²) in [6.45, 7) is 6.65. The number of epoxide rings is 1. The third-order valence-corrected chi connectivity index (χ3v) is 9.45. The Morgan fingerprint density at radius 1 is 1.15 bits per heavy atom. The van der Waals surface area contributed by atoms with Crippen LogP contribution in [0.3, 0.4) is 0 Å². The van der Waals surface area contributed by atoms with Crippen molar-refractivity contribution in [1.82, 2.24) is 4.90 Å². The van der Waals surface area contributed by atoms with Gasteiger partial charge in [-0.3, -0.25) is 9.69 Å². The first-order valence-corrected chi connectivity index (χ1v) is 12.7. The van der Waals surface area contributed by atoms with E-state index in [0.717, 1.165) is 45.0 Å². The molecule has 0 aromatic heterocycles. The lowest BCUT2D eigenvalue weighted by atomic mass is 9.53. The number of carbonyl (C=O) groups excluding carboxylic acids is 1. The number of alkyl halides is 3. The van der Waals surface area contributed by atoms with Gasteiger partial charge < -0.3 is 14.4 Å². The molecule has 186 valence electrons. The number of ether oxygens (including phenoxy) is 2. The van der Waals surface area contributed by atoms with E-state index < -0.39 is 11.7 Å². The Hall–Kier alpha value is -1.80. The molecule has 1 aromatic rings. The molecule has 5 nitrogen and oxygen atoms in total. The van der Waals surface area contributed by atoms with Gasteiger partial charge in [-0.05, 0) is 61.6 Å². The van der Waals surface area contributed by atoms with Crippen LogP contribution in [0.5, 0.6) is 0 Å². The van der Waals surface area contributed by atoms with Crippen LogP contribution in [0.25, 0.3) is 0 Å². The number of carbonyl (C=O) groups is 1. The third-order valence-electron chi connectivity index (χ3n) is 9.45. The van der Waals surface area contributed by atoms with Gasteiger partial charge in [-0.15, -0.1) is 0 Å². The maximum atomic E-state index is 13.1. The zero-order valence-corrected chi connectivity index (χ0v) is 19.7. The van der Waals surface area contributed by atoms with Gasteiger partial charge in [0.15, 0.2) is 0 Å². The highest BCUT2D eigenvalue weighted by molar-refractivity contribution is 5.75. The van der Waals surface area contributed by atoms with E-state index in [0.29, 0.717) is 31.2 Å². The van der Waals surface area contributed by atoms with Crippen molar-refractivity contribution in [3.63, 3.8) is 0 Å². The van der Waals surface area contributed by atoms with Crippen LogP contribution in [0.2, 0.25) is 0 Å². The SMILES string of the molecule is CC12CCCC3(CO3)C1CC1C(C2)OC(=O)C1CN1CCN(c2cccc(C(F)(F)F)c2)CC1. The molecular formula is C26H33F3N2O3. The van der Waals surface area contributed by atoms with Crippen LogP contribution >= 0.6 is 0 Å². The molecule has 34 heavy (non-hydrogen) atoms. The van der Waals surface area contributed by atoms with Gasteiger partial charge in [0.1, 0.15) is 6.10 Å². The predicted octanol–water partition coefficient (Wildman–Crippen LogP) is 4.35. The molecular weight excluding hydrogens is 445 g/mol. The molecule has 0 radical (unpaired) electrons. The molecule has 1 spiro atoms.